The summed E-state index contributed by atoms with van der Waals surface area (Å²) in [6, 6.07) is 11.1. The number of hydrogen-bond donors (Lipinski definition) is 3. The van der Waals surface area contributed by atoms with Gasteiger partial charge in [0.05, 0.1) is 10.4 Å². The molecule has 0 aliphatic heterocycles. The molecule has 0 unspecified atom stereocenters. The zero-order chi connectivity index (χ0) is 19.1. The summed E-state index contributed by atoms with van der Waals surface area (Å²) < 4.78 is 27.8. The highest BCUT2D eigenvalue weighted by atomic mass is 32.2. The number of Topliss-reactive ketones (excluding diaryl/α,β-unsaturated/α-hetero) is 1. The average Bonchev–Trinajstić information content (AvgIpc) is 2.56. The molecule has 2 aromatic carbocycles. The molecule has 0 aliphatic rings. The van der Waals surface area contributed by atoms with Crippen LogP contribution in [0, 0.1) is 6.92 Å². The van der Waals surface area contributed by atoms with Gasteiger partial charge < -0.3 is 10.1 Å². The van der Waals surface area contributed by atoms with Crippen molar-refractivity contribution in [1.82, 2.24) is 4.98 Å². The first kappa shape index (κ1) is 17.7. The fourth-order valence-electron chi connectivity index (χ4n) is 2.80. The number of carbonyl (C=O) groups is 1. The van der Waals surface area contributed by atoms with E-state index in [2.05, 4.69) is 9.71 Å². The van der Waals surface area contributed by atoms with Gasteiger partial charge in [0.15, 0.2) is 5.78 Å². The summed E-state index contributed by atoms with van der Waals surface area (Å²) in [6.45, 7) is 2.69. The topological polar surface area (TPSA) is 116 Å². The van der Waals surface area contributed by atoms with E-state index in [1.165, 1.54) is 26.0 Å². The molecule has 8 heteroatoms. The molecule has 1 aromatic heterocycles. The maximum Gasteiger partial charge on any atom is 0.263 e. The van der Waals surface area contributed by atoms with Gasteiger partial charge in [0.1, 0.15) is 11.3 Å². The number of nitrogens with one attached hydrogen (secondary N) is 2. The van der Waals surface area contributed by atoms with Crippen molar-refractivity contribution in [3.63, 3.8) is 0 Å². The lowest BCUT2D eigenvalue weighted by atomic mass is 10.1. The third kappa shape index (κ3) is 2.95. The molecule has 0 saturated carbocycles. The fraction of sp³-hybridized carbons (Fsp3) is 0.111. The third-order valence-corrected chi connectivity index (χ3v) is 5.57. The predicted octanol–water partition coefficient (Wildman–Crippen LogP) is 2.55. The smallest absolute Gasteiger partial charge is 0.263 e. The minimum absolute atomic E-state index is 0.0421. The number of aromatic amines is 1. The van der Waals surface area contributed by atoms with Gasteiger partial charge in [-0.3, -0.25) is 14.3 Å². The number of anilines is 1. The SMILES string of the molecule is CC(=O)c1c(O)c2ccc(S(=O)(=O)Nc3ccccc3)c(C)c2[nH]c1=O. The Balaban J connectivity index is 2.20. The van der Waals surface area contributed by atoms with Crippen LogP contribution in [0.15, 0.2) is 52.2 Å². The number of H-pyrrole nitrogens is 1. The quantitative estimate of drug-likeness (QED) is 0.609. The molecular weight excluding hydrogens is 356 g/mol. The molecule has 0 bridgehead atoms. The van der Waals surface area contributed by atoms with Crippen LogP contribution >= 0.6 is 0 Å². The highest BCUT2D eigenvalue weighted by Crippen LogP contribution is 2.31. The van der Waals surface area contributed by atoms with Crippen LogP contribution in [0.25, 0.3) is 10.9 Å². The van der Waals surface area contributed by atoms with E-state index in [4.69, 9.17) is 0 Å². The highest BCUT2D eigenvalue weighted by molar-refractivity contribution is 7.92. The maximum absolute atomic E-state index is 12.7. The van der Waals surface area contributed by atoms with Gasteiger partial charge in [0, 0.05) is 11.1 Å². The Morgan fingerprint density at radius 1 is 1.12 bits per heavy atom. The Kier molecular flexibility index (Phi) is 4.29. The summed E-state index contributed by atoms with van der Waals surface area (Å²) in [5, 5.41) is 10.4. The molecule has 26 heavy (non-hydrogen) atoms. The van der Waals surface area contributed by atoms with Gasteiger partial charge in [-0.25, -0.2) is 8.42 Å². The molecule has 0 radical (unpaired) electrons. The summed E-state index contributed by atoms with van der Waals surface area (Å²) in [7, 11) is -3.91. The second-order valence-corrected chi connectivity index (χ2v) is 7.47. The third-order valence-electron chi connectivity index (χ3n) is 4.04. The van der Waals surface area contributed by atoms with E-state index < -0.39 is 27.1 Å². The summed E-state index contributed by atoms with van der Waals surface area (Å²) in [5.74, 6) is -1.04. The lowest BCUT2D eigenvalue weighted by Crippen LogP contribution is -2.18. The predicted molar refractivity (Wildman–Crippen MR) is 98.2 cm³/mol. The number of benzene rings is 2. The lowest BCUT2D eigenvalue weighted by Gasteiger charge is -2.13. The molecule has 134 valence electrons. The van der Waals surface area contributed by atoms with Crippen LogP contribution in [-0.2, 0) is 10.0 Å². The number of rotatable bonds is 4. The van der Waals surface area contributed by atoms with Crippen LogP contribution in [0.3, 0.4) is 0 Å². The van der Waals surface area contributed by atoms with Crippen LogP contribution in [0.2, 0.25) is 0 Å². The molecule has 3 rings (SSSR count). The number of aryl methyl sites for hydroxylation is 1. The van der Waals surface area contributed by atoms with E-state index in [0.717, 1.165) is 0 Å². The molecule has 0 aliphatic carbocycles. The molecule has 1 heterocycles. The Labute approximate surface area is 149 Å². The number of pyridine rings is 1. The fourth-order valence-corrected chi connectivity index (χ4v) is 4.11. The number of fused-ring (bicyclic) bond motifs is 1. The van der Waals surface area contributed by atoms with Crippen molar-refractivity contribution in [2.75, 3.05) is 4.72 Å². The number of para-hydroxylation sites is 1. The van der Waals surface area contributed by atoms with E-state index in [1.54, 1.807) is 30.3 Å². The monoisotopic (exact) mass is 372 g/mol. The van der Waals surface area contributed by atoms with Gasteiger partial charge in [-0.1, -0.05) is 18.2 Å². The molecule has 3 N–H and O–H groups in total. The van der Waals surface area contributed by atoms with Crippen molar-refractivity contribution in [3.8, 4) is 5.75 Å². The molecule has 3 aromatic rings. The summed E-state index contributed by atoms with van der Waals surface area (Å²) >= 11 is 0. The van der Waals surface area contributed by atoms with Gasteiger partial charge in [-0.2, -0.15) is 0 Å². The van der Waals surface area contributed by atoms with Crippen molar-refractivity contribution >= 4 is 32.4 Å². The molecule has 0 spiro atoms. The number of hydrogen-bond acceptors (Lipinski definition) is 5. The number of sulfonamides is 1. The minimum Gasteiger partial charge on any atom is -0.506 e. The maximum atomic E-state index is 12.7. The van der Waals surface area contributed by atoms with E-state index >= 15 is 0 Å². The highest BCUT2D eigenvalue weighted by Gasteiger charge is 2.22. The van der Waals surface area contributed by atoms with E-state index in [9.17, 15) is 23.1 Å². The van der Waals surface area contributed by atoms with Gasteiger partial charge in [-0.05, 0) is 43.7 Å². The van der Waals surface area contributed by atoms with Crippen LogP contribution in [-0.4, -0.2) is 24.3 Å². The van der Waals surface area contributed by atoms with Crippen LogP contribution in [0.1, 0.15) is 22.8 Å². The minimum atomic E-state index is -3.91. The summed E-state index contributed by atoms with van der Waals surface area (Å²) in [5.41, 5.74) is -0.303. The Morgan fingerprint density at radius 2 is 1.77 bits per heavy atom. The van der Waals surface area contributed by atoms with E-state index in [0.29, 0.717) is 5.69 Å². The van der Waals surface area contributed by atoms with Crippen molar-refractivity contribution < 1.29 is 18.3 Å². The first-order valence-corrected chi connectivity index (χ1v) is 9.18. The van der Waals surface area contributed by atoms with E-state index in [-0.39, 0.29) is 26.9 Å². The van der Waals surface area contributed by atoms with Crippen molar-refractivity contribution in [1.29, 1.82) is 0 Å². The molecule has 0 saturated heterocycles. The van der Waals surface area contributed by atoms with Gasteiger partial charge in [0.25, 0.3) is 15.6 Å². The van der Waals surface area contributed by atoms with Gasteiger partial charge in [-0.15, -0.1) is 0 Å². The summed E-state index contributed by atoms with van der Waals surface area (Å²) in [6.07, 6.45) is 0. The van der Waals surface area contributed by atoms with Gasteiger partial charge >= 0.3 is 0 Å². The largest absolute Gasteiger partial charge is 0.506 e. The van der Waals surface area contributed by atoms with Gasteiger partial charge in [0.2, 0.25) is 0 Å². The molecule has 0 atom stereocenters. The number of ketones is 1. The standard InChI is InChI=1S/C18H16N2O5S/c1-10-14(26(24,25)20-12-6-4-3-5-7-12)9-8-13-16(10)19-18(23)15(11(2)21)17(13)22/h3-9,20H,1-2H3,(H2,19,22,23). The molecule has 0 fully saturated rings. The van der Waals surface area contributed by atoms with Crippen LogP contribution in [0.4, 0.5) is 5.69 Å². The molecule has 0 amide bonds. The van der Waals surface area contributed by atoms with Crippen molar-refractivity contribution in [2.45, 2.75) is 18.7 Å². The normalized spacial score (nSPS) is 11.5. The van der Waals surface area contributed by atoms with Crippen LogP contribution < -0.4 is 10.3 Å². The van der Waals surface area contributed by atoms with Crippen molar-refractivity contribution in [3.05, 3.63) is 63.9 Å². The number of aromatic hydroxyl groups is 1. The second kappa shape index (κ2) is 6.30. The molecule has 7 nitrogen and oxygen atoms in total. The Morgan fingerprint density at radius 3 is 2.38 bits per heavy atom. The van der Waals surface area contributed by atoms with Crippen molar-refractivity contribution in [2.24, 2.45) is 0 Å². The Hall–Kier alpha value is -3.13. The first-order valence-electron chi connectivity index (χ1n) is 7.69. The second-order valence-electron chi connectivity index (χ2n) is 5.82. The Bertz CT molecular complexity index is 1180. The average molecular weight is 372 g/mol. The van der Waals surface area contributed by atoms with Crippen LogP contribution in [0.5, 0.6) is 5.75 Å². The lowest BCUT2D eigenvalue weighted by molar-refractivity contribution is 0.101. The first-order chi connectivity index (χ1) is 12.2. The van der Waals surface area contributed by atoms with E-state index in [1.807, 2.05) is 0 Å². The zero-order valence-corrected chi connectivity index (χ0v) is 14.8. The number of carbonyl (C=O) groups excluding carboxylic acids is 1. The zero-order valence-electron chi connectivity index (χ0n) is 14.0. The molecular formula is C18H16N2O5S. The number of aromatic nitrogens is 1. The summed E-state index contributed by atoms with van der Waals surface area (Å²) in [4.78, 5) is 26.1.